The van der Waals surface area contributed by atoms with Crippen LogP contribution in [0.3, 0.4) is 0 Å². The van der Waals surface area contributed by atoms with E-state index in [1.807, 2.05) is 0 Å². The highest BCUT2D eigenvalue weighted by Gasteiger charge is 2.17. The third kappa shape index (κ3) is 4.40. The van der Waals surface area contributed by atoms with Crippen LogP contribution in [0.2, 0.25) is 0 Å². The summed E-state index contributed by atoms with van der Waals surface area (Å²) in [5, 5.41) is 6.96. The van der Waals surface area contributed by atoms with Crippen molar-refractivity contribution in [2.45, 2.75) is 44.8 Å². The lowest BCUT2D eigenvalue weighted by molar-refractivity contribution is 0.0152. The fourth-order valence-corrected chi connectivity index (χ4v) is 1.71. The largest absolute Gasteiger partial charge is 0.379 e. The van der Waals surface area contributed by atoms with Crippen molar-refractivity contribution in [3.05, 3.63) is 0 Å². The number of methoxy groups -OCH3 is 1. The van der Waals surface area contributed by atoms with Crippen LogP contribution in [0.4, 0.5) is 0 Å². The van der Waals surface area contributed by atoms with Crippen LogP contribution in [0.15, 0.2) is 0 Å². The maximum absolute atomic E-state index is 5.37. The zero-order valence-corrected chi connectivity index (χ0v) is 9.73. The van der Waals surface area contributed by atoms with Gasteiger partial charge in [-0.1, -0.05) is 0 Å². The summed E-state index contributed by atoms with van der Waals surface area (Å²) in [5.41, 5.74) is 0.0138. The van der Waals surface area contributed by atoms with Crippen LogP contribution in [-0.2, 0) is 4.74 Å². The Morgan fingerprint density at radius 2 is 2.00 bits per heavy atom. The van der Waals surface area contributed by atoms with Crippen molar-refractivity contribution < 1.29 is 4.74 Å². The molecule has 1 aliphatic heterocycles. The van der Waals surface area contributed by atoms with Crippen molar-refractivity contribution in [1.82, 2.24) is 10.6 Å². The minimum Gasteiger partial charge on any atom is -0.379 e. The minimum atomic E-state index is 0.0138. The molecule has 0 aromatic heterocycles. The molecule has 0 aromatic rings. The van der Waals surface area contributed by atoms with Crippen molar-refractivity contribution in [3.8, 4) is 0 Å². The van der Waals surface area contributed by atoms with Crippen LogP contribution >= 0.6 is 0 Å². The predicted octanol–water partition coefficient (Wildman–Crippen LogP) is 1.14. The van der Waals surface area contributed by atoms with E-state index in [4.69, 9.17) is 4.74 Å². The molecule has 0 aromatic carbocycles. The number of nitrogens with one attached hydrogen (secondary N) is 2. The molecule has 1 heterocycles. The van der Waals surface area contributed by atoms with Gasteiger partial charge in [0.15, 0.2) is 0 Å². The van der Waals surface area contributed by atoms with Crippen molar-refractivity contribution in [1.29, 1.82) is 0 Å². The molecule has 0 unspecified atom stereocenters. The maximum Gasteiger partial charge on any atom is 0.0634 e. The van der Waals surface area contributed by atoms with Crippen molar-refractivity contribution in [2.24, 2.45) is 0 Å². The van der Waals surface area contributed by atoms with E-state index in [-0.39, 0.29) is 5.60 Å². The Morgan fingerprint density at radius 3 is 2.57 bits per heavy atom. The highest BCUT2D eigenvalue weighted by molar-refractivity contribution is 4.76. The van der Waals surface area contributed by atoms with E-state index in [9.17, 15) is 0 Å². The lowest BCUT2D eigenvalue weighted by Gasteiger charge is -2.27. The number of rotatable bonds is 5. The lowest BCUT2D eigenvalue weighted by Crippen LogP contribution is -2.41. The van der Waals surface area contributed by atoms with E-state index < -0.39 is 0 Å². The molecule has 1 aliphatic rings. The summed E-state index contributed by atoms with van der Waals surface area (Å²) in [5.74, 6) is 0. The molecule has 1 rings (SSSR count). The molecule has 3 heteroatoms. The second-order valence-electron chi connectivity index (χ2n) is 4.69. The molecule has 0 aliphatic carbocycles. The Kier molecular flexibility index (Phi) is 4.85. The van der Waals surface area contributed by atoms with Gasteiger partial charge in [-0.25, -0.2) is 0 Å². The monoisotopic (exact) mass is 200 g/mol. The third-order valence-corrected chi connectivity index (χ3v) is 3.05. The van der Waals surface area contributed by atoms with E-state index in [0.717, 1.165) is 26.1 Å². The van der Waals surface area contributed by atoms with Crippen LogP contribution in [0, 0.1) is 0 Å². The fourth-order valence-electron chi connectivity index (χ4n) is 1.71. The second-order valence-corrected chi connectivity index (χ2v) is 4.69. The Labute approximate surface area is 87.6 Å². The van der Waals surface area contributed by atoms with Crippen molar-refractivity contribution >= 4 is 0 Å². The van der Waals surface area contributed by atoms with E-state index in [1.165, 1.54) is 12.8 Å². The quantitative estimate of drug-likeness (QED) is 0.698. The molecule has 0 spiro atoms. The van der Waals surface area contributed by atoms with Crippen LogP contribution in [0.25, 0.3) is 0 Å². The zero-order valence-electron chi connectivity index (χ0n) is 9.73. The first-order valence-electron chi connectivity index (χ1n) is 5.63. The maximum atomic E-state index is 5.37. The number of piperidine rings is 1. The summed E-state index contributed by atoms with van der Waals surface area (Å²) >= 11 is 0. The van der Waals surface area contributed by atoms with E-state index in [1.54, 1.807) is 7.11 Å². The normalized spacial score (nSPS) is 19.9. The Hall–Kier alpha value is -0.120. The Morgan fingerprint density at radius 1 is 1.36 bits per heavy atom. The van der Waals surface area contributed by atoms with Crippen LogP contribution in [0.5, 0.6) is 0 Å². The molecule has 1 fully saturated rings. The van der Waals surface area contributed by atoms with Crippen LogP contribution in [-0.4, -0.2) is 38.4 Å². The van der Waals surface area contributed by atoms with Gasteiger partial charge < -0.3 is 15.4 Å². The number of hydrogen-bond donors (Lipinski definition) is 2. The Balaban J connectivity index is 2.08. The summed E-state index contributed by atoms with van der Waals surface area (Å²) in [7, 11) is 1.78. The highest BCUT2D eigenvalue weighted by Crippen LogP contribution is 2.12. The van der Waals surface area contributed by atoms with E-state index in [0.29, 0.717) is 6.04 Å². The van der Waals surface area contributed by atoms with Gasteiger partial charge in [0.05, 0.1) is 5.60 Å². The molecular formula is C11H24N2O. The smallest absolute Gasteiger partial charge is 0.0634 e. The van der Waals surface area contributed by atoms with Crippen molar-refractivity contribution in [3.63, 3.8) is 0 Å². The number of ether oxygens (including phenoxy) is 1. The van der Waals surface area contributed by atoms with E-state index in [2.05, 4.69) is 24.5 Å². The molecule has 0 saturated carbocycles. The van der Waals surface area contributed by atoms with Gasteiger partial charge in [-0.2, -0.15) is 0 Å². The molecule has 3 nitrogen and oxygen atoms in total. The van der Waals surface area contributed by atoms with Gasteiger partial charge in [-0.15, -0.1) is 0 Å². The van der Waals surface area contributed by atoms with Crippen LogP contribution in [0.1, 0.15) is 33.1 Å². The third-order valence-electron chi connectivity index (χ3n) is 3.05. The second kappa shape index (κ2) is 5.69. The minimum absolute atomic E-state index is 0.0138. The van der Waals surface area contributed by atoms with Gasteiger partial charge in [-0.05, 0) is 52.7 Å². The summed E-state index contributed by atoms with van der Waals surface area (Å²) in [4.78, 5) is 0. The van der Waals surface area contributed by atoms with Gasteiger partial charge >= 0.3 is 0 Å². The first-order chi connectivity index (χ1) is 6.64. The molecule has 1 saturated heterocycles. The molecule has 0 bridgehead atoms. The van der Waals surface area contributed by atoms with Gasteiger partial charge in [0.25, 0.3) is 0 Å². The molecule has 14 heavy (non-hydrogen) atoms. The molecule has 84 valence electrons. The Bertz CT molecular complexity index is 153. The van der Waals surface area contributed by atoms with Gasteiger partial charge in [0.1, 0.15) is 0 Å². The molecular weight excluding hydrogens is 176 g/mol. The standard InChI is InChI=1S/C11H24N2O/c1-11(2,14-3)6-9-13-10-4-7-12-8-5-10/h10,12-13H,4-9H2,1-3H3. The summed E-state index contributed by atoms with van der Waals surface area (Å²) < 4.78 is 5.37. The molecule has 0 amide bonds. The molecule has 0 atom stereocenters. The van der Waals surface area contributed by atoms with Crippen molar-refractivity contribution in [2.75, 3.05) is 26.7 Å². The summed E-state index contributed by atoms with van der Waals surface area (Å²) in [6.07, 6.45) is 3.59. The lowest BCUT2D eigenvalue weighted by atomic mass is 10.0. The number of hydrogen-bond acceptors (Lipinski definition) is 3. The summed E-state index contributed by atoms with van der Waals surface area (Å²) in [6.45, 7) is 7.65. The zero-order chi connectivity index (χ0) is 10.4. The SMILES string of the molecule is COC(C)(C)CCNC1CCNCC1. The summed E-state index contributed by atoms with van der Waals surface area (Å²) in [6, 6.07) is 0.712. The topological polar surface area (TPSA) is 33.3 Å². The predicted molar refractivity (Wildman–Crippen MR) is 59.6 cm³/mol. The van der Waals surface area contributed by atoms with Gasteiger partial charge in [0.2, 0.25) is 0 Å². The fraction of sp³-hybridized carbons (Fsp3) is 1.00. The highest BCUT2D eigenvalue weighted by atomic mass is 16.5. The van der Waals surface area contributed by atoms with Crippen LogP contribution < -0.4 is 10.6 Å². The van der Waals surface area contributed by atoms with E-state index >= 15 is 0 Å². The average Bonchev–Trinajstić information content (AvgIpc) is 2.19. The first-order valence-corrected chi connectivity index (χ1v) is 5.63. The molecule has 0 radical (unpaired) electrons. The van der Waals surface area contributed by atoms with Gasteiger partial charge in [-0.3, -0.25) is 0 Å². The average molecular weight is 200 g/mol. The van der Waals surface area contributed by atoms with Gasteiger partial charge in [0, 0.05) is 13.2 Å². The first kappa shape index (κ1) is 12.0. The molecule has 2 N–H and O–H groups in total.